The largest absolute Gasteiger partial charge is 0.321 e. The SMILES string of the molecule is CC1CCN(S(=O)(=O)c2ccc(NC(=O)c3ccc(Cl)s3)cc2)CC1. The summed E-state index contributed by atoms with van der Waals surface area (Å²) in [5, 5.41) is 2.74. The number of sulfonamides is 1. The maximum atomic E-state index is 12.7. The number of anilines is 1. The van der Waals surface area contributed by atoms with Gasteiger partial charge in [0.1, 0.15) is 0 Å². The predicted octanol–water partition coefficient (Wildman–Crippen LogP) is 4.07. The van der Waals surface area contributed by atoms with E-state index < -0.39 is 10.0 Å². The molecule has 134 valence electrons. The lowest BCUT2D eigenvalue weighted by atomic mass is 10.0. The molecule has 8 heteroatoms. The number of halogens is 1. The van der Waals surface area contributed by atoms with Crippen LogP contribution < -0.4 is 5.32 Å². The molecule has 0 saturated carbocycles. The molecule has 1 aliphatic rings. The van der Waals surface area contributed by atoms with Crippen LogP contribution in [-0.2, 0) is 10.0 Å². The van der Waals surface area contributed by atoms with Crippen LogP contribution in [0.5, 0.6) is 0 Å². The summed E-state index contributed by atoms with van der Waals surface area (Å²) < 4.78 is 27.4. The van der Waals surface area contributed by atoms with Crippen LogP contribution in [-0.4, -0.2) is 31.7 Å². The zero-order valence-electron chi connectivity index (χ0n) is 13.7. The van der Waals surface area contributed by atoms with E-state index in [-0.39, 0.29) is 10.8 Å². The highest BCUT2D eigenvalue weighted by Crippen LogP contribution is 2.25. The van der Waals surface area contributed by atoms with Gasteiger partial charge >= 0.3 is 0 Å². The van der Waals surface area contributed by atoms with E-state index >= 15 is 0 Å². The number of amides is 1. The van der Waals surface area contributed by atoms with Gasteiger partial charge in [-0.15, -0.1) is 11.3 Å². The smallest absolute Gasteiger partial charge is 0.265 e. The summed E-state index contributed by atoms with van der Waals surface area (Å²) >= 11 is 7.02. The summed E-state index contributed by atoms with van der Waals surface area (Å²) in [4.78, 5) is 12.9. The van der Waals surface area contributed by atoms with Crippen LogP contribution in [0.3, 0.4) is 0 Å². The van der Waals surface area contributed by atoms with E-state index in [4.69, 9.17) is 11.6 Å². The number of nitrogens with zero attached hydrogens (tertiary/aromatic N) is 1. The Hall–Kier alpha value is -1.41. The summed E-state index contributed by atoms with van der Waals surface area (Å²) in [6.07, 6.45) is 1.77. The maximum Gasteiger partial charge on any atom is 0.265 e. The van der Waals surface area contributed by atoms with Crippen LogP contribution >= 0.6 is 22.9 Å². The van der Waals surface area contributed by atoms with Gasteiger partial charge in [0, 0.05) is 18.8 Å². The van der Waals surface area contributed by atoms with E-state index in [0.717, 1.165) is 12.8 Å². The summed E-state index contributed by atoms with van der Waals surface area (Å²) in [6, 6.07) is 9.59. The summed E-state index contributed by atoms with van der Waals surface area (Å²) in [7, 11) is -3.47. The molecule has 1 aromatic heterocycles. The first-order valence-electron chi connectivity index (χ1n) is 8.03. The molecule has 0 aliphatic carbocycles. The minimum atomic E-state index is -3.47. The number of nitrogens with one attached hydrogen (secondary N) is 1. The second-order valence-electron chi connectivity index (χ2n) is 6.17. The Morgan fingerprint density at radius 2 is 1.80 bits per heavy atom. The van der Waals surface area contributed by atoms with E-state index in [2.05, 4.69) is 12.2 Å². The number of hydrogen-bond acceptors (Lipinski definition) is 4. The van der Waals surface area contributed by atoms with Crippen molar-refractivity contribution in [1.29, 1.82) is 0 Å². The van der Waals surface area contributed by atoms with Gasteiger partial charge in [0.2, 0.25) is 10.0 Å². The molecule has 3 rings (SSSR count). The van der Waals surface area contributed by atoms with Gasteiger partial charge in [0.25, 0.3) is 5.91 Å². The number of carbonyl (C=O) groups is 1. The number of carbonyl (C=O) groups excluding carboxylic acids is 1. The molecule has 1 fully saturated rings. The predicted molar refractivity (Wildman–Crippen MR) is 101 cm³/mol. The zero-order chi connectivity index (χ0) is 18.0. The van der Waals surface area contributed by atoms with E-state index in [1.54, 1.807) is 24.3 Å². The third-order valence-electron chi connectivity index (χ3n) is 4.29. The molecule has 0 unspecified atom stereocenters. The molecule has 0 spiro atoms. The molecule has 2 heterocycles. The van der Waals surface area contributed by atoms with Gasteiger partial charge in [-0.25, -0.2) is 8.42 Å². The average Bonchev–Trinajstić information content (AvgIpc) is 3.02. The molecule has 1 aliphatic heterocycles. The normalized spacial score (nSPS) is 16.7. The van der Waals surface area contributed by atoms with Gasteiger partial charge < -0.3 is 5.32 Å². The molecule has 5 nitrogen and oxygen atoms in total. The fourth-order valence-corrected chi connectivity index (χ4v) is 5.12. The Morgan fingerprint density at radius 1 is 1.16 bits per heavy atom. The van der Waals surface area contributed by atoms with Crippen molar-refractivity contribution >= 4 is 44.6 Å². The molecule has 0 radical (unpaired) electrons. The molecule has 25 heavy (non-hydrogen) atoms. The van der Waals surface area contributed by atoms with Crippen LogP contribution in [0.2, 0.25) is 4.34 Å². The lowest BCUT2D eigenvalue weighted by Gasteiger charge is -2.29. The first-order valence-corrected chi connectivity index (χ1v) is 10.7. The third kappa shape index (κ3) is 4.23. The number of benzene rings is 1. The van der Waals surface area contributed by atoms with Gasteiger partial charge in [-0.1, -0.05) is 18.5 Å². The summed E-state index contributed by atoms with van der Waals surface area (Å²) in [5.74, 6) is 0.298. The molecule has 0 atom stereocenters. The number of hydrogen-bond donors (Lipinski definition) is 1. The Balaban J connectivity index is 1.70. The number of thiophene rings is 1. The Labute approximate surface area is 156 Å². The van der Waals surface area contributed by atoms with E-state index in [0.29, 0.717) is 33.9 Å². The van der Waals surface area contributed by atoms with Crippen LogP contribution in [0.15, 0.2) is 41.3 Å². The van der Waals surface area contributed by atoms with Gasteiger partial charge in [0.15, 0.2) is 0 Å². The topological polar surface area (TPSA) is 66.5 Å². The molecular weight excluding hydrogens is 380 g/mol. The molecule has 1 amide bonds. The van der Waals surface area contributed by atoms with Crippen molar-refractivity contribution in [1.82, 2.24) is 4.31 Å². The minimum Gasteiger partial charge on any atom is -0.321 e. The first-order chi connectivity index (χ1) is 11.9. The number of piperidine rings is 1. The Kier molecular flexibility index (Phi) is 5.48. The highest BCUT2D eigenvalue weighted by atomic mass is 35.5. The van der Waals surface area contributed by atoms with Crippen molar-refractivity contribution in [2.45, 2.75) is 24.7 Å². The molecule has 0 bridgehead atoms. The van der Waals surface area contributed by atoms with Crippen molar-refractivity contribution in [3.8, 4) is 0 Å². The highest BCUT2D eigenvalue weighted by molar-refractivity contribution is 7.89. The van der Waals surface area contributed by atoms with Crippen LogP contribution in [0, 0.1) is 5.92 Å². The van der Waals surface area contributed by atoms with Gasteiger partial charge in [-0.05, 0) is 55.2 Å². The first kappa shape index (κ1) is 18.4. The van der Waals surface area contributed by atoms with Gasteiger partial charge in [0.05, 0.1) is 14.1 Å². The fourth-order valence-electron chi connectivity index (χ4n) is 2.71. The van der Waals surface area contributed by atoms with Crippen LogP contribution in [0.4, 0.5) is 5.69 Å². The quantitative estimate of drug-likeness (QED) is 0.843. The lowest BCUT2D eigenvalue weighted by molar-refractivity contribution is 0.103. The molecule has 1 N–H and O–H groups in total. The summed E-state index contributed by atoms with van der Waals surface area (Å²) in [6.45, 7) is 3.25. The zero-order valence-corrected chi connectivity index (χ0v) is 16.1. The summed E-state index contributed by atoms with van der Waals surface area (Å²) in [5.41, 5.74) is 0.542. The van der Waals surface area contributed by atoms with Crippen LogP contribution in [0.25, 0.3) is 0 Å². The maximum absolute atomic E-state index is 12.7. The number of rotatable bonds is 4. The second-order valence-corrected chi connectivity index (χ2v) is 9.82. The molecule has 2 aromatic rings. The van der Waals surface area contributed by atoms with Crippen molar-refractivity contribution in [3.63, 3.8) is 0 Å². The third-order valence-corrected chi connectivity index (χ3v) is 7.43. The molecular formula is C17H19ClN2O3S2. The van der Waals surface area contributed by atoms with Crippen LogP contribution in [0.1, 0.15) is 29.4 Å². The Morgan fingerprint density at radius 3 is 2.36 bits per heavy atom. The monoisotopic (exact) mass is 398 g/mol. The molecule has 1 saturated heterocycles. The van der Waals surface area contributed by atoms with Gasteiger partial charge in [-0.3, -0.25) is 4.79 Å². The van der Waals surface area contributed by atoms with E-state index in [1.165, 1.54) is 27.8 Å². The van der Waals surface area contributed by atoms with E-state index in [9.17, 15) is 13.2 Å². The standard InChI is InChI=1S/C17H19ClN2O3S2/c1-12-8-10-20(11-9-12)25(22,23)14-4-2-13(3-5-14)19-17(21)15-6-7-16(18)24-15/h2-7,12H,8-11H2,1H3,(H,19,21). The van der Waals surface area contributed by atoms with Crippen molar-refractivity contribution < 1.29 is 13.2 Å². The minimum absolute atomic E-state index is 0.249. The Bertz CT molecular complexity index is 854. The van der Waals surface area contributed by atoms with Crippen molar-refractivity contribution in [3.05, 3.63) is 45.6 Å². The van der Waals surface area contributed by atoms with E-state index in [1.807, 2.05) is 0 Å². The molecule has 1 aromatic carbocycles. The average molecular weight is 399 g/mol. The fraction of sp³-hybridized carbons (Fsp3) is 0.353. The van der Waals surface area contributed by atoms with Crippen molar-refractivity contribution in [2.24, 2.45) is 5.92 Å². The van der Waals surface area contributed by atoms with Crippen molar-refractivity contribution in [2.75, 3.05) is 18.4 Å². The second kappa shape index (κ2) is 7.45. The highest BCUT2D eigenvalue weighted by Gasteiger charge is 2.27. The lowest BCUT2D eigenvalue weighted by Crippen LogP contribution is -2.37. The van der Waals surface area contributed by atoms with Gasteiger partial charge in [-0.2, -0.15) is 4.31 Å².